The van der Waals surface area contributed by atoms with Crippen LogP contribution in [0.3, 0.4) is 0 Å². The molecule has 2 atom stereocenters. The summed E-state index contributed by atoms with van der Waals surface area (Å²) in [5, 5.41) is 8.28. The molecule has 0 saturated heterocycles. The van der Waals surface area contributed by atoms with Crippen molar-refractivity contribution >= 4 is 0 Å². The topological polar surface area (TPSA) is 64.1 Å². The van der Waals surface area contributed by atoms with Crippen molar-refractivity contribution in [2.24, 2.45) is 5.73 Å². The minimum absolute atomic E-state index is 0.219. The Morgan fingerprint density at radius 2 is 1.88 bits per heavy atom. The van der Waals surface area contributed by atoms with Crippen LogP contribution < -0.4 is 11.1 Å². The van der Waals surface area contributed by atoms with Crippen molar-refractivity contribution in [3.63, 3.8) is 0 Å². The van der Waals surface area contributed by atoms with Crippen LogP contribution in [0.1, 0.15) is 73.8 Å². The molecule has 0 unspecified atom stereocenters. The van der Waals surface area contributed by atoms with E-state index in [4.69, 9.17) is 10.3 Å². The maximum atomic E-state index is 6.03. The van der Waals surface area contributed by atoms with Gasteiger partial charge in [0.25, 0.3) is 0 Å². The molecule has 4 heteroatoms. The number of hydrogen-bond donors (Lipinski definition) is 2. The lowest BCUT2D eigenvalue weighted by Gasteiger charge is -2.23. The zero-order valence-electron chi connectivity index (χ0n) is 15.4. The second-order valence-electron chi connectivity index (χ2n) is 8.75. The summed E-state index contributed by atoms with van der Waals surface area (Å²) in [6.45, 7) is 1.03. The van der Waals surface area contributed by atoms with Gasteiger partial charge in [0.05, 0.1) is 5.69 Å². The van der Waals surface area contributed by atoms with Crippen LogP contribution in [0.15, 0.2) is 40.9 Å². The monoisotopic (exact) mass is 351 g/mol. The second-order valence-corrected chi connectivity index (χ2v) is 8.75. The number of benzene rings is 1. The lowest BCUT2D eigenvalue weighted by atomic mass is 9.84. The molecule has 3 N–H and O–H groups in total. The smallest absolute Gasteiger partial charge is 0.140 e. The highest BCUT2D eigenvalue weighted by Crippen LogP contribution is 2.49. The molecule has 5 rings (SSSR count). The van der Waals surface area contributed by atoms with Gasteiger partial charge in [-0.05, 0) is 50.5 Å². The Balaban J connectivity index is 1.18. The van der Waals surface area contributed by atoms with E-state index >= 15 is 0 Å². The maximum Gasteiger partial charge on any atom is 0.140 e. The Kier molecular flexibility index (Phi) is 4.13. The number of nitrogens with zero attached hydrogens (tertiary/aromatic N) is 1. The van der Waals surface area contributed by atoms with Gasteiger partial charge in [-0.15, -0.1) is 0 Å². The van der Waals surface area contributed by atoms with Crippen LogP contribution in [-0.2, 0) is 5.41 Å². The van der Waals surface area contributed by atoms with E-state index in [9.17, 15) is 0 Å². The minimum atomic E-state index is 0.219. The fourth-order valence-corrected chi connectivity index (χ4v) is 4.63. The Hall–Kier alpha value is -1.65. The van der Waals surface area contributed by atoms with E-state index in [0.717, 1.165) is 38.0 Å². The van der Waals surface area contributed by atoms with Crippen molar-refractivity contribution in [2.45, 2.75) is 74.3 Å². The third-order valence-corrected chi connectivity index (χ3v) is 6.82. The highest BCUT2D eigenvalue weighted by atomic mass is 16.5. The van der Waals surface area contributed by atoms with E-state index in [-0.39, 0.29) is 5.41 Å². The summed E-state index contributed by atoms with van der Waals surface area (Å²) in [6, 6.07) is 14.1. The van der Waals surface area contributed by atoms with Gasteiger partial charge in [-0.2, -0.15) is 0 Å². The Morgan fingerprint density at radius 3 is 2.62 bits per heavy atom. The maximum absolute atomic E-state index is 6.03. The van der Waals surface area contributed by atoms with E-state index in [1.807, 2.05) is 0 Å². The molecular weight excluding hydrogens is 322 g/mol. The highest BCUT2D eigenvalue weighted by molar-refractivity contribution is 5.30. The predicted molar refractivity (Wildman–Crippen MR) is 102 cm³/mol. The van der Waals surface area contributed by atoms with Crippen molar-refractivity contribution in [1.82, 2.24) is 10.5 Å². The largest absolute Gasteiger partial charge is 0.361 e. The Bertz CT molecular complexity index is 744. The van der Waals surface area contributed by atoms with Gasteiger partial charge in [0, 0.05) is 41.9 Å². The first kappa shape index (κ1) is 16.5. The first-order valence-electron chi connectivity index (χ1n) is 10.2. The number of hydrogen-bond acceptors (Lipinski definition) is 4. The van der Waals surface area contributed by atoms with Gasteiger partial charge in [0.1, 0.15) is 5.76 Å². The molecule has 4 nitrogen and oxygen atoms in total. The predicted octanol–water partition coefficient (Wildman–Crippen LogP) is 3.84. The molecule has 1 aromatic heterocycles. The summed E-state index contributed by atoms with van der Waals surface area (Å²) >= 11 is 0. The van der Waals surface area contributed by atoms with Gasteiger partial charge in [-0.3, -0.25) is 0 Å². The van der Waals surface area contributed by atoms with Crippen LogP contribution in [0, 0.1) is 0 Å². The average molecular weight is 351 g/mol. The molecule has 0 radical (unpaired) electrons. The summed E-state index contributed by atoms with van der Waals surface area (Å²) in [7, 11) is 0. The summed E-state index contributed by atoms with van der Waals surface area (Å²) in [5.74, 6) is 2.30. The standard InChI is InChI=1S/C22H29N3O/c23-17-8-6-16(7-9-17)20-13-21(25-26-20)22(10-11-22)14-24-19-12-18(19)15-4-2-1-3-5-15/h1-5,13,16-19,24H,6-12,14,23H2/t16?,17?,18-,19+/m0/s1. The molecule has 138 valence electrons. The first-order valence-corrected chi connectivity index (χ1v) is 10.2. The Labute approximate surface area is 155 Å². The summed E-state index contributed by atoms with van der Waals surface area (Å²) in [4.78, 5) is 0. The molecule has 0 aliphatic heterocycles. The molecule has 1 aromatic carbocycles. The van der Waals surface area contributed by atoms with Crippen LogP contribution >= 0.6 is 0 Å². The molecule has 0 amide bonds. The lowest BCUT2D eigenvalue weighted by Crippen LogP contribution is -2.29. The van der Waals surface area contributed by atoms with E-state index in [1.54, 1.807) is 0 Å². The summed E-state index contributed by atoms with van der Waals surface area (Å²) in [6.07, 6.45) is 8.20. The minimum Gasteiger partial charge on any atom is -0.361 e. The second kappa shape index (κ2) is 6.50. The molecule has 1 heterocycles. The summed E-state index contributed by atoms with van der Waals surface area (Å²) < 4.78 is 5.76. The first-order chi connectivity index (χ1) is 12.7. The number of aromatic nitrogens is 1. The third kappa shape index (κ3) is 3.21. The van der Waals surface area contributed by atoms with Gasteiger partial charge in [0.2, 0.25) is 0 Å². The molecule has 26 heavy (non-hydrogen) atoms. The fourth-order valence-electron chi connectivity index (χ4n) is 4.63. The van der Waals surface area contributed by atoms with E-state index in [0.29, 0.717) is 23.9 Å². The molecule has 0 bridgehead atoms. The highest BCUT2D eigenvalue weighted by Gasteiger charge is 2.49. The van der Waals surface area contributed by atoms with Crippen LogP contribution in [0.2, 0.25) is 0 Å². The third-order valence-electron chi connectivity index (χ3n) is 6.82. The molecule has 2 aromatic rings. The summed E-state index contributed by atoms with van der Waals surface area (Å²) in [5.41, 5.74) is 8.89. The van der Waals surface area contributed by atoms with Crippen LogP contribution in [0.25, 0.3) is 0 Å². The SMILES string of the molecule is NC1CCC(c2cc(C3(CN[C@@H]4C[C@H]4c4ccccc4)CC3)no2)CC1. The van der Waals surface area contributed by atoms with Gasteiger partial charge >= 0.3 is 0 Å². The molecule has 3 saturated carbocycles. The van der Waals surface area contributed by atoms with Crippen LogP contribution in [-0.4, -0.2) is 23.8 Å². The van der Waals surface area contributed by atoms with Crippen molar-refractivity contribution < 1.29 is 4.52 Å². The van der Waals surface area contributed by atoms with Gasteiger partial charge < -0.3 is 15.6 Å². The molecule has 3 fully saturated rings. The molecular formula is C22H29N3O. The van der Waals surface area contributed by atoms with Crippen molar-refractivity contribution in [1.29, 1.82) is 0 Å². The molecule has 0 spiro atoms. The average Bonchev–Trinajstić information content (AvgIpc) is 3.59. The number of nitrogens with one attached hydrogen (secondary N) is 1. The van der Waals surface area contributed by atoms with Gasteiger partial charge in [-0.1, -0.05) is 35.5 Å². The molecule has 3 aliphatic carbocycles. The zero-order valence-corrected chi connectivity index (χ0v) is 15.4. The van der Waals surface area contributed by atoms with Crippen LogP contribution in [0.4, 0.5) is 0 Å². The van der Waals surface area contributed by atoms with Gasteiger partial charge in [-0.25, -0.2) is 0 Å². The van der Waals surface area contributed by atoms with Crippen molar-refractivity contribution in [2.75, 3.05) is 6.54 Å². The van der Waals surface area contributed by atoms with Gasteiger partial charge in [0.15, 0.2) is 0 Å². The lowest BCUT2D eigenvalue weighted by molar-refractivity contribution is 0.304. The number of rotatable bonds is 6. The van der Waals surface area contributed by atoms with E-state index in [1.165, 1.54) is 30.5 Å². The van der Waals surface area contributed by atoms with Crippen molar-refractivity contribution in [3.05, 3.63) is 53.4 Å². The van der Waals surface area contributed by atoms with Crippen molar-refractivity contribution in [3.8, 4) is 0 Å². The quantitative estimate of drug-likeness (QED) is 0.830. The fraction of sp³-hybridized carbons (Fsp3) is 0.591. The number of nitrogens with two attached hydrogens (primary N) is 1. The van der Waals surface area contributed by atoms with E-state index in [2.05, 4.69) is 46.9 Å². The normalized spacial score (nSPS) is 32.3. The Morgan fingerprint density at radius 1 is 1.12 bits per heavy atom. The van der Waals surface area contributed by atoms with E-state index < -0.39 is 0 Å². The van der Waals surface area contributed by atoms with Crippen LogP contribution in [0.5, 0.6) is 0 Å². The zero-order chi connectivity index (χ0) is 17.6. The molecule has 3 aliphatic rings.